The van der Waals surface area contributed by atoms with Crippen molar-refractivity contribution in [2.45, 2.75) is 26.0 Å². The average Bonchev–Trinajstić information content (AvgIpc) is 3.07. The molecule has 0 spiro atoms. The van der Waals surface area contributed by atoms with Crippen molar-refractivity contribution in [3.05, 3.63) is 41.9 Å². The van der Waals surface area contributed by atoms with Crippen molar-refractivity contribution in [2.24, 2.45) is 0 Å². The second-order valence-corrected chi connectivity index (χ2v) is 4.39. The molecule has 0 aliphatic carbocycles. The molecular weight excluding hydrogens is 242 g/mol. The van der Waals surface area contributed by atoms with Crippen LogP contribution in [0.2, 0.25) is 0 Å². The highest BCUT2D eigenvalue weighted by Gasteiger charge is 2.16. The maximum absolute atomic E-state index is 10.1. The number of nitrogens with one attached hydrogen (secondary N) is 1. The number of aliphatic hydroxyl groups excluding tert-OH is 1. The lowest BCUT2D eigenvalue weighted by atomic mass is 10.1. The Balaban J connectivity index is 1.97. The Kier molecular flexibility index (Phi) is 3.00. The third kappa shape index (κ3) is 2.10. The van der Waals surface area contributed by atoms with Crippen LogP contribution in [0.5, 0.6) is 0 Å². The molecule has 1 aromatic carbocycles. The summed E-state index contributed by atoms with van der Waals surface area (Å²) >= 11 is 0. The van der Waals surface area contributed by atoms with E-state index in [9.17, 15) is 5.11 Å². The number of H-pyrrole nitrogens is 1. The number of nitrogens with zero attached hydrogens (tertiary/aromatic N) is 4. The number of fused-ring (bicyclic) bond motifs is 1. The molecule has 6 nitrogen and oxygen atoms in total. The zero-order valence-electron chi connectivity index (χ0n) is 10.6. The van der Waals surface area contributed by atoms with E-state index in [0.717, 1.165) is 23.1 Å². The van der Waals surface area contributed by atoms with E-state index >= 15 is 0 Å². The molecule has 0 fully saturated rings. The molecule has 0 bridgehead atoms. The molecule has 1 unspecified atom stereocenters. The smallest absolute Gasteiger partial charge is 0.111 e. The monoisotopic (exact) mass is 257 g/mol. The summed E-state index contributed by atoms with van der Waals surface area (Å²) in [6, 6.07) is 8.04. The van der Waals surface area contributed by atoms with Gasteiger partial charge in [-0.15, -0.1) is 0 Å². The van der Waals surface area contributed by atoms with Gasteiger partial charge in [0.05, 0.1) is 17.4 Å². The summed E-state index contributed by atoms with van der Waals surface area (Å²) in [6.45, 7) is 2.86. The molecule has 1 atom stereocenters. The third-order valence-electron chi connectivity index (χ3n) is 3.20. The molecular formula is C13H15N5O. The molecule has 0 radical (unpaired) electrons. The minimum Gasteiger partial charge on any atom is -0.386 e. The average molecular weight is 257 g/mol. The molecule has 98 valence electrons. The number of hydrogen-bond donors (Lipinski definition) is 2. The van der Waals surface area contributed by atoms with Crippen LogP contribution < -0.4 is 0 Å². The minimum atomic E-state index is -0.692. The summed E-state index contributed by atoms with van der Waals surface area (Å²) in [5.41, 5.74) is 2.51. The highest BCUT2D eigenvalue weighted by molar-refractivity contribution is 5.82. The van der Waals surface area contributed by atoms with E-state index in [2.05, 4.69) is 27.4 Å². The Morgan fingerprint density at radius 3 is 2.95 bits per heavy atom. The number of para-hydroxylation sites is 1. The second kappa shape index (κ2) is 4.81. The predicted octanol–water partition coefficient (Wildman–Crippen LogP) is 1.45. The molecule has 0 aliphatic heterocycles. The highest BCUT2D eigenvalue weighted by Crippen LogP contribution is 2.23. The summed E-state index contributed by atoms with van der Waals surface area (Å²) in [6.07, 6.45) is 1.27. The van der Waals surface area contributed by atoms with E-state index in [4.69, 9.17) is 0 Å². The van der Waals surface area contributed by atoms with Gasteiger partial charge in [-0.2, -0.15) is 20.5 Å². The van der Waals surface area contributed by atoms with Gasteiger partial charge in [0.15, 0.2) is 0 Å². The van der Waals surface area contributed by atoms with Crippen LogP contribution in [-0.2, 0) is 13.0 Å². The van der Waals surface area contributed by atoms with E-state index < -0.39 is 6.10 Å². The zero-order chi connectivity index (χ0) is 13.2. The molecule has 2 heterocycles. The van der Waals surface area contributed by atoms with Gasteiger partial charge >= 0.3 is 0 Å². The quantitative estimate of drug-likeness (QED) is 0.741. The Hall–Kier alpha value is -2.21. The van der Waals surface area contributed by atoms with Crippen LogP contribution in [0.15, 0.2) is 30.5 Å². The fraction of sp³-hybridized carbons (Fsp3) is 0.308. The lowest BCUT2D eigenvalue weighted by Crippen LogP contribution is -2.04. The number of aryl methyl sites for hydroxylation is 1. The predicted molar refractivity (Wildman–Crippen MR) is 70.5 cm³/mol. The number of rotatable bonds is 4. The molecule has 0 aliphatic rings. The molecule has 2 N–H and O–H groups in total. The summed E-state index contributed by atoms with van der Waals surface area (Å²) in [4.78, 5) is 0. The molecule has 0 amide bonds. The van der Waals surface area contributed by atoms with Crippen LogP contribution in [-0.4, -0.2) is 30.3 Å². The minimum absolute atomic E-state index is 0.431. The first-order valence-corrected chi connectivity index (χ1v) is 6.27. The lowest BCUT2D eigenvalue weighted by molar-refractivity contribution is 0.172. The topological polar surface area (TPSA) is 79.6 Å². The Morgan fingerprint density at radius 1 is 1.37 bits per heavy atom. The standard InChI is InChI=1S/C13H15N5O/c1-2-18-12-6-4-3-5-9(12)10(16-18)7-13(19)11-8-14-17-15-11/h3-6,8,13,19H,2,7H2,1H3,(H,14,15,17). The maximum atomic E-state index is 10.1. The van der Waals surface area contributed by atoms with Crippen LogP contribution in [0.25, 0.3) is 10.9 Å². The Morgan fingerprint density at radius 2 is 2.21 bits per heavy atom. The van der Waals surface area contributed by atoms with Gasteiger partial charge in [-0.05, 0) is 13.0 Å². The fourth-order valence-corrected chi connectivity index (χ4v) is 2.25. The molecule has 3 rings (SSSR count). The molecule has 19 heavy (non-hydrogen) atoms. The van der Waals surface area contributed by atoms with Gasteiger partial charge in [-0.3, -0.25) is 4.68 Å². The summed E-state index contributed by atoms with van der Waals surface area (Å²) in [7, 11) is 0. The summed E-state index contributed by atoms with van der Waals surface area (Å²) in [5.74, 6) is 0. The summed E-state index contributed by atoms with van der Waals surface area (Å²) < 4.78 is 1.94. The highest BCUT2D eigenvalue weighted by atomic mass is 16.3. The first-order valence-electron chi connectivity index (χ1n) is 6.27. The van der Waals surface area contributed by atoms with Crippen LogP contribution in [0.3, 0.4) is 0 Å². The van der Waals surface area contributed by atoms with E-state index in [1.54, 1.807) is 0 Å². The van der Waals surface area contributed by atoms with Gasteiger partial charge in [0.2, 0.25) is 0 Å². The molecule has 2 aromatic heterocycles. The van der Waals surface area contributed by atoms with Gasteiger partial charge in [-0.25, -0.2) is 0 Å². The van der Waals surface area contributed by atoms with Crippen molar-refractivity contribution in [1.29, 1.82) is 0 Å². The lowest BCUT2D eigenvalue weighted by Gasteiger charge is -2.04. The first-order chi connectivity index (χ1) is 9.29. The van der Waals surface area contributed by atoms with Crippen LogP contribution >= 0.6 is 0 Å². The Bertz CT molecular complexity index is 673. The van der Waals surface area contributed by atoms with Crippen LogP contribution in [0, 0.1) is 0 Å². The van der Waals surface area contributed by atoms with E-state index in [0.29, 0.717) is 12.1 Å². The van der Waals surface area contributed by atoms with Crippen LogP contribution in [0.1, 0.15) is 24.4 Å². The van der Waals surface area contributed by atoms with E-state index in [1.165, 1.54) is 6.20 Å². The van der Waals surface area contributed by atoms with E-state index in [1.807, 2.05) is 28.9 Å². The largest absolute Gasteiger partial charge is 0.386 e. The SMILES string of the molecule is CCn1nc(CC(O)c2cn[nH]n2)c2ccccc21. The molecule has 6 heteroatoms. The second-order valence-electron chi connectivity index (χ2n) is 4.39. The molecule has 0 saturated heterocycles. The number of benzene rings is 1. The fourth-order valence-electron chi connectivity index (χ4n) is 2.25. The van der Waals surface area contributed by atoms with Crippen molar-refractivity contribution in [2.75, 3.05) is 0 Å². The van der Waals surface area contributed by atoms with Crippen molar-refractivity contribution in [1.82, 2.24) is 25.2 Å². The number of aliphatic hydroxyl groups is 1. The van der Waals surface area contributed by atoms with Crippen LogP contribution in [0.4, 0.5) is 0 Å². The first kappa shape index (κ1) is 11.9. The van der Waals surface area contributed by atoms with Gasteiger partial charge in [0, 0.05) is 18.4 Å². The molecule has 3 aromatic rings. The maximum Gasteiger partial charge on any atom is 0.111 e. The normalized spacial score (nSPS) is 12.9. The third-order valence-corrected chi connectivity index (χ3v) is 3.20. The van der Waals surface area contributed by atoms with Crippen molar-refractivity contribution in [3.63, 3.8) is 0 Å². The number of aromatic amines is 1. The van der Waals surface area contributed by atoms with Gasteiger partial charge in [-0.1, -0.05) is 18.2 Å². The van der Waals surface area contributed by atoms with Crippen molar-refractivity contribution >= 4 is 10.9 Å². The van der Waals surface area contributed by atoms with Crippen molar-refractivity contribution < 1.29 is 5.11 Å². The summed E-state index contributed by atoms with van der Waals surface area (Å²) in [5, 5.41) is 25.9. The van der Waals surface area contributed by atoms with Gasteiger partial charge in [0.25, 0.3) is 0 Å². The van der Waals surface area contributed by atoms with Crippen molar-refractivity contribution in [3.8, 4) is 0 Å². The van der Waals surface area contributed by atoms with Gasteiger partial charge in [0.1, 0.15) is 11.8 Å². The number of aromatic nitrogens is 5. The molecule has 0 saturated carbocycles. The van der Waals surface area contributed by atoms with Gasteiger partial charge < -0.3 is 5.11 Å². The Labute approximate surface area is 110 Å². The number of hydrogen-bond acceptors (Lipinski definition) is 4. The van der Waals surface area contributed by atoms with E-state index in [-0.39, 0.29) is 0 Å². The zero-order valence-corrected chi connectivity index (χ0v) is 10.6.